The van der Waals surface area contributed by atoms with Crippen molar-refractivity contribution in [3.8, 4) is 0 Å². The van der Waals surface area contributed by atoms with Crippen molar-refractivity contribution in [2.45, 2.75) is 31.8 Å². The van der Waals surface area contributed by atoms with Crippen molar-refractivity contribution in [3.63, 3.8) is 0 Å². The first-order valence-corrected chi connectivity index (χ1v) is 5.20. The maximum absolute atomic E-state index is 11.2. The molecule has 3 atom stereocenters. The molecule has 0 aromatic heterocycles. The number of hydrogen-bond donors (Lipinski definition) is 3. The summed E-state index contributed by atoms with van der Waals surface area (Å²) in [5.74, 6) is -0.522. The van der Waals surface area contributed by atoms with Crippen LogP contribution in [0.3, 0.4) is 0 Å². The summed E-state index contributed by atoms with van der Waals surface area (Å²) in [5.41, 5.74) is 0.257. The lowest BCUT2D eigenvalue weighted by Crippen LogP contribution is -2.36. The molecule has 1 aliphatic rings. The zero-order valence-electron chi connectivity index (χ0n) is 9.37. The van der Waals surface area contributed by atoms with Gasteiger partial charge in [0.2, 0.25) is 6.29 Å². The predicted octanol–water partition coefficient (Wildman–Crippen LogP) is -0.747. The lowest BCUT2D eigenvalue weighted by atomic mass is 10.0. The van der Waals surface area contributed by atoms with Crippen LogP contribution in [0.5, 0.6) is 0 Å². The Morgan fingerprint density at radius 2 is 2.41 bits per heavy atom. The van der Waals surface area contributed by atoms with Gasteiger partial charge in [-0.1, -0.05) is 6.92 Å². The van der Waals surface area contributed by atoms with Crippen molar-refractivity contribution in [1.29, 1.82) is 0 Å². The van der Waals surface area contributed by atoms with Gasteiger partial charge in [0.05, 0.1) is 12.9 Å². The minimum atomic E-state index is -1.28. The van der Waals surface area contributed by atoms with Crippen LogP contribution in [-0.4, -0.2) is 46.4 Å². The molecule has 0 aromatic rings. The van der Waals surface area contributed by atoms with E-state index in [0.717, 1.165) is 0 Å². The second-order valence-electron chi connectivity index (χ2n) is 3.40. The average Bonchev–Trinajstić information content (AvgIpc) is 2.34. The molecule has 1 aliphatic heterocycles. The van der Waals surface area contributed by atoms with Crippen LogP contribution in [0.15, 0.2) is 17.9 Å². The van der Waals surface area contributed by atoms with Gasteiger partial charge in [-0.15, -0.1) is 0 Å². The first-order chi connectivity index (χ1) is 8.08. The van der Waals surface area contributed by atoms with Crippen molar-refractivity contribution < 1.29 is 29.6 Å². The lowest BCUT2D eigenvalue weighted by molar-refractivity contribution is -0.153. The second-order valence-corrected chi connectivity index (χ2v) is 3.40. The highest BCUT2D eigenvalue weighted by atomic mass is 16.6. The number of rotatable bonds is 5. The summed E-state index contributed by atoms with van der Waals surface area (Å²) in [5, 5.41) is 27.6. The fraction of sp³-hybridized carbons (Fsp3) is 0.545. The molecule has 0 fully saturated rings. The zero-order valence-corrected chi connectivity index (χ0v) is 9.37. The van der Waals surface area contributed by atoms with Crippen molar-refractivity contribution in [2.75, 3.05) is 6.61 Å². The Bertz CT molecular complexity index is 322. The molecule has 1 heterocycles. The van der Waals surface area contributed by atoms with Crippen LogP contribution in [0, 0.1) is 6.08 Å². The number of carbonyl (C=O) groups is 1. The summed E-state index contributed by atoms with van der Waals surface area (Å²) in [6.07, 6.45) is 1.61. The molecule has 6 nitrogen and oxygen atoms in total. The Hall–Kier alpha value is -1.37. The van der Waals surface area contributed by atoms with E-state index >= 15 is 0 Å². The molecule has 3 N–H and O–H groups in total. The van der Waals surface area contributed by atoms with Gasteiger partial charge in [0.25, 0.3) is 0 Å². The molecule has 0 amide bonds. The summed E-state index contributed by atoms with van der Waals surface area (Å²) in [4.78, 5) is 11.2. The molecule has 0 aromatic carbocycles. The smallest absolute Gasteiger partial charge is 0.306 e. The fourth-order valence-electron chi connectivity index (χ4n) is 1.26. The number of carbonyl (C=O) groups excluding carboxylic acids is 1. The molecule has 0 bridgehead atoms. The molecule has 1 rings (SSSR count). The van der Waals surface area contributed by atoms with E-state index in [1.54, 1.807) is 6.92 Å². The van der Waals surface area contributed by atoms with Gasteiger partial charge >= 0.3 is 5.97 Å². The number of esters is 1. The van der Waals surface area contributed by atoms with Gasteiger partial charge in [0.15, 0.2) is 6.10 Å². The highest BCUT2D eigenvalue weighted by Crippen LogP contribution is 2.18. The summed E-state index contributed by atoms with van der Waals surface area (Å²) >= 11 is 0. The van der Waals surface area contributed by atoms with Crippen molar-refractivity contribution in [1.82, 2.24) is 0 Å². The Balaban J connectivity index is 2.82. The SMILES string of the molecule is CCC(=O)OC(C1=[C]C(O)OC=C1)C(O)CO. The van der Waals surface area contributed by atoms with Gasteiger partial charge < -0.3 is 24.8 Å². The Labute approximate surface area is 98.8 Å². The lowest BCUT2D eigenvalue weighted by Gasteiger charge is -2.24. The van der Waals surface area contributed by atoms with Gasteiger partial charge in [0.1, 0.15) is 6.10 Å². The molecule has 95 valence electrons. The zero-order chi connectivity index (χ0) is 12.8. The van der Waals surface area contributed by atoms with Crippen molar-refractivity contribution in [2.24, 2.45) is 0 Å². The average molecular weight is 243 g/mol. The summed E-state index contributed by atoms with van der Waals surface area (Å²) in [6, 6.07) is 0. The van der Waals surface area contributed by atoms with Gasteiger partial charge in [-0.3, -0.25) is 4.79 Å². The molecule has 17 heavy (non-hydrogen) atoms. The van der Waals surface area contributed by atoms with E-state index < -0.39 is 31.1 Å². The van der Waals surface area contributed by atoms with Crippen LogP contribution >= 0.6 is 0 Å². The van der Waals surface area contributed by atoms with E-state index in [1.165, 1.54) is 12.3 Å². The Morgan fingerprint density at radius 3 is 2.94 bits per heavy atom. The number of aliphatic hydroxyl groups is 3. The molecule has 0 saturated heterocycles. The number of aliphatic hydroxyl groups excluding tert-OH is 3. The highest BCUT2D eigenvalue weighted by molar-refractivity contribution is 5.69. The summed E-state index contributed by atoms with van der Waals surface area (Å²) < 4.78 is 9.64. The highest BCUT2D eigenvalue weighted by Gasteiger charge is 2.27. The second kappa shape index (κ2) is 6.39. The minimum Gasteiger partial charge on any atom is -0.468 e. The maximum Gasteiger partial charge on any atom is 0.306 e. The normalized spacial score (nSPS) is 22.4. The van der Waals surface area contributed by atoms with Gasteiger partial charge in [0, 0.05) is 18.1 Å². The first kappa shape index (κ1) is 13.7. The van der Waals surface area contributed by atoms with Gasteiger partial charge in [-0.25, -0.2) is 0 Å². The van der Waals surface area contributed by atoms with Crippen LogP contribution in [-0.2, 0) is 14.3 Å². The quantitative estimate of drug-likeness (QED) is 0.550. The predicted molar refractivity (Wildman–Crippen MR) is 56.3 cm³/mol. The van der Waals surface area contributed by atoms with Crippen molar-refractivity contribution >= 4 is 5.97 Å². The van der Waals surface area contributed by atoms with E-state index in [0.29, 0.717) is 0 Å². The summed E-state index contributed by atoms with van der Waals surface area (Å²) in [6.45, 7) is 1.04. The molecular formula is C11H15O6. The van der Waals surface area contributed by atoms with Gasteiger partial charge in [-0.05, 0) is 6.08 Å². The number of ether oxygens (including phenoxy) is 2. The summed E-state index contributed by atoms with van der Waals surface area (Å²) in [7, 11) is 0. The monoisotopic (exact) mass is 243 g/mol. The Kier molecular flexibility index (Phi) is 5.14. The number of hydrogen-bond acceptors (Lipinski definition) is 6. The van der Waals surface area contributed by atoms with E-state index in [2.05, 4.69) is 10.8 Å². The third kappa shape index (κ3) is 3.85. The third-order valence-corrected chi connectivity index (χ3v) is 2.14. The molecule has 0 spiro atoms. The minimum absolute atomic E-state index is 0.144. The van der Waals surface area contributed by atoms with E-state index in [1.807, 2.05) is 0 Å². The molecular weight excluding hydrogens is 228 g/mol. The van der Waals surface area contributed by atoms with Crippen molar-refractivity contribution in [3.05, 3.63) is 24.0 Å². The maximum atomic E-state index is 11.2. The topological polar surface area (TPSA) is 96.2 Å². The van der Waals surface area contributed by atoms with Crippen LogP contribution in [0.25, 0.3) is 0 Å². The van der Waals surface area contributed by atoms with E-state index in [4.69, 9.17) is 9.84 Å². The molecule has 3 unspecified atom stereocenters. The first-order valence-electron chi connectivity index (χ1n) is 5.20. The Morgan fingerprint density at radius 1 is 1.71 bits per heavy atom. The van der Waals surface area contributed by atoms with Crippen LogP contribution < -0.4 is 0 Å². The van der Waals surface area contributed by atoms with E-state index in [-0.39, 0.29) is 12.0 Å². The molecule has 1 radical (unpaired) electrons. The fourth-order valence-corrected chi connectivity index (χ4v) is 1.26. The van der Waals surface area contributed by atoms with E-state index in [9.17, 15) is 15.0 Å². The third-order valence-electron chi connectivity index (χ3n) is 2.14. The van der Waals surface area contributed by atoms with Crippen LogP contribution in [0.4, 0.5) is 0 Å². The van der Waals surface area contributed by atoms with Crippen LogP contribution in [0.2, 0.25) is 0 Å². The molecule has 6 heteroatoms. The molecule has 0 saturated carbocycles. The molecule has 0 aliphatic carbocycles. The largest absolute Gasteiger partial charge is 0.468 e. The standard InChI is InChI=1S/C11H15O6/c1-2-9(14)17-11(8(13)6-12)7-3-4-16-10(15)5-7/h3-4,8,10-13,15H,2,6H2,1H3. The van der Waals surface area contributed by atoms with Crippen LogP contribution in [0.1, 0.15) is 13.3 Å². The van der Waals surface area contributed by atoms with Gasteiger partial charge in [-0.2, -0.15) is 0 Å².